The van der Waals surface area contributed by atoms with Gasteiger partial charge in [0.05, 0.1) is 18.1 Å². The molecule has 1 aliphatic heterocycles. The van der Waals surface area contributed by atoms with Crippen molar-refractivity contribution in [3.63, 3.8) is 0 Å². The molecule has 0 spiro atoms. The molecule has 1 N–H and O–H groups in total. The number of ether oxygens (including phenoxy) is 1. The molecule has 8 heteroatoms. The Morgan fingerprint density at radius 1 is 1.26 bits per heavy atom. The Bertz CT molecular complexity index is 605. The normalized spacial score (nSPS) is 14.7. The van der Waals surface area contributed by atoms with Crippen LogP contribution in [0.4, 0.5) is 16.2 Å². The summed E-state index contributed by atoms with van der Waals surface area (Å²) in [6.45, 7) is 7.52. The number of nitro benzene ring substituents is 1. The van der Waals surface area contributed by atoms with E-state index >= 15 is 0 Å². The quantitative estimate of drug-likeness (QED) is 0.383. The summed E-state index contributed by atoms with van der Waals surface area (Å²) < 4.78 is 5.37. The van der Waals surface area contributed by atoms with Crippen molar-refractivity contribution in [2.75, 3.05) is 51.3 Å². The van der Waals surface area contributed by atoms with E-state index in [1.807, 2.05) is 4.90 Å². The molecule has 1 aromatic carbocycles. The minimum atomic E-state index is -0.462. The Hall–Kier alpha value is -2.19. The number of urea groups is 1. The van der Waals surface area contributed by atoms with Crippen LogP contribution in [0.2, 0.25) is 0 Å². The summed E-state index contributed by atoms with van der Waals surface area (Å²) in [6, 6.07) is 5.83. The molecular weight excluding hydrogens is 348 g/mol. The minimum absolute atomic E-state index is 0.0318. The molecule has 0 radical (unpaired) electrons. The summed E-state index contributed by atoms with van der Waals surface area (Å²) in [5.74, 6) is 0. The van der Waals surface area contributed by atoms with Crippen molar-refractivity contribution in [2.24, 2.45) is 0 Å². The number of hydrogen-bond donors (Lipinski definition) is 1. The van der Waals surface area contributed by atoms with Gasteiger partial charge < -0.3 is 15.0 Å². The molecule has 1 heterocycles. The van der Waals surface area contributed by atoms with Gasteiger partial charge in [-0.3, -0.25) is 15.0 Å². The summed E-state index contributed by atoms with van der Waals surface area (Å²) in [4.78, 5) is 27.3. The molecule has 1 fully saturated rings. The van der Waals surface area contributed by atoms with E-state index in [0.29, 0.717) is 18.8 Å². The highest BCUT2D eigenvalue weighted by molar-refractivity contribution is 5.89. The van der Waals surface area contributed by atoms with Crippen molar-refractivity contribution in [3.8, 4) is 0 Å². The van der Waals surface area contributed by atoms with Crippen LogP contribution in [0.1, 0.15) is 32.6 Å². The maximum atomic E-state index is 12.7. The molecule has 0 bridgehead atoms. The number of nitrogens with one attached hydrogen (secondary N) is 1. The van der Waals surface area contributed by atoms with E-state index in [2.05, 4.69) is 17.1 Å². The topological polar surface area (TPSA) is 88.0 Å². The Morgan fingerprint density at radius 3 is 2.74 bits per heavy atom. The number of benzene rings is 1. The average Bonchev–Trinajstić information content (AvgIpc) is 2.68. The average molecular weight is 378 g/mol. The number of rotatable bonds is 10. The summed E-state index contributed by atoms with van der Waals surface area (Å²) in [7, 11) is 0. The van der Waals surface area contributed by atoms with E-state index in [1.165, 1.54) is 12.1 Å². The van der Waals surface area contributed by atoms with Crippen LogP contribution >= 0.6 is 0 Å². The second-order valence-corrected chi connectivity index (χ2v) is 6.74. The number of nitrogens with zero attached hydrogens (tertiary/aromatic N) is 3. The predicted octanol–water partition coefficient (Wildman–Crippen LogP) is 3.34. The highest BCUT2D eigenvalue weighted by Crippen LogP contribution is 2.17. The molecule has 0 atom stereocenters. The van der Waals surface area contributed by atoms with Crippen LogP contribution in [0.25, 0.3) is 0 Å². The van der Waals surface area contributed by atoms with Crippen LogP contribution in [-0.4, -0.2) is 66.7 Å². The van der Waals surface area contributed by atoms with Crippen molar-refractivity contribution in [3.05, 3.63) is 34.4 Å². The second-order valence-electron chi connectivity index (χ2n) is 6.74. The Kier molecular flexibility index (Phi) is 9.00. The zero-order chi connectivity index (χ0) is 19.5. The number of amides is 2. The maximum absolute atomic E-state index is 12.7. The summed E-state index contributed by atoms with van der Waals surface area (Å²) in [5, 5.41) is 13.7. The van der Waals surface area contributed by atoms with Gasteiger partial charge in [-0.25, -0.2) is 4.79 Å². The third-order valence-electron chi connectivity index (χ3n) is 4.67. The largest absolute Gasteiger partial charge is 0.379 e. The lowest BCUT2D eigenvalue weighted by molar-refractivity contribution is -0.384. The van der Waals surface area contributed by atoms with E-state index in [0.717, 1.165) is 58.5 Å². The zero-order valence-corrected chi connectivity index (χ0v) is 16.1. The Balaban J connectivity index is 1.93. The Labute approximate surface area is 160 Å². The van der Waals surface area contributed by atoms with Crippen LogP contribution in [0, 0.1) is 10.1 Å². The van der Waals surface area contributed by atoms with Gasteiger partial charge in [-0.1, -0.05) is 32.3 Å². The molecular formula is C19H30N4O4. The first-order chi connectivity index (χ1) is 13.1. The van der Waals surface area contributed by atoms with E-state index in [-0.39, 0.29) is 11.7 Å². The van der Waals surface area contributed by atoms with Crippen LogP contribution in [0.5, 0.6) is 0 Å². The molecule has 1 aromatic rings. The van der Waals surface area contributed by atoms with Crippen LogP contribution in [0.15, 0.2) is 24.3 Å². The highest BCUT2D eigenvalue weighted by atomic mass is 16.6. The smallest absolute Gasteiger partial charge is 0.321 e. The molecule has 0 aromatic heterocycles. The first kappa shape index (κ1) is 21.1. The zero-order valence-electron chi connectivity index (χ0n) is 16.1. The number of unbranched alkanes of at least 4 members (excludes halogenated alkanes) is 3. The number of nitro groups is 1. The summed E-state index contributed by atoms with van der Waals surface area (Å²) >= 11 is 0. The fraction of sp³-hybridized carbons (Fsp3) is 0.632. The van der Waals surface area contributed by atoms with Crippen molar-refractivity contribution in [1.29, 1.82) is 0 Å². The third kappa shape index (κ3) is 7.52. The van der Waals surface area contributed by atoms with Crippen molar-refractivity contribution < 1.29 is 14.5 Å². The fourth-order valence-corrected chi connectivity index (χ4v) is 3.03. The van der Waals surface area contributed by atoms with Gasteiger partial charge in [0.1, 0.15) is 0 Å². The Morgan fingerprint density at radius 2 is 2.04 bits per heavy atom. The van der Waals surface area contributed by atoms with E-state index in [4.69, 9.17) is 4.74 Å². The van der Waals surface area contributed by atoms with E-state index in [1.54, 1.807) is 12.1 Å². The number of carbonyl (C=O) groups excluding carboxylic acids is 1. The number of anilines is 1. The van der Waals surface area contributed by atoms with Crippen LogP contribution < -0.4 is 5.32 Å². The number of hydrogen-bond acceptors (Lipinski definition) is 5. The maximum Gasteiger partial charge on any atom is 0.321 e. The molecule has 0 saturated carbocycles. The number of carbonyl (C=O) groups is 1. The standard InChI is InChI=1S/C19H30N4O4/c1-2-3-4-5-9-22(11-10-21-12-14-27-15-13-21)19(24)20-17-7-6-8-18(16-17)23(25)26/h6-8,16H,2-5,9-15H2,1H3,(H,20,24). The first-order valence-corrected chi connectivity index (χ1v) is 9.70. The van der Waals surface area contributed by atoms with Crippen molar-refractivity contribution >= 4 is 17.4 Å². The molecule has 1 aliphatic rings. The number of non-ortho nitro benzene ring substituents is 1. The van der Waals surface area contributed by atoms with Crippen molar-refractivity contribution in [2.45, 2.75) is 32.6 Å². The van der Waals surface area contributed by atoms with Gasteiger partial charge in [-0.05, 0) is 12.5 Å². The highest BCUT2D eigenvalue weighted by Gasteiger charge is 2.17. The molecule has 0 aliphatic carbocycles. The molecule has 1 saturated heterocycles. The van der Waals surface area contributed by atoms with Gasteiger partial charge in [-0.15, -0.1) is 0 Å². The lowest BCUT2D eigenvalue weighted by atomic mass is 10.2. The summed E-state index contributed by atoms with van der Waals surface area (Å²) in [5.41, 5.74) is 0.412. The first-order valence-electron chi connectivity index (χ1n) is 9.70. The van der Waals surface area contributed by atoms with Gasteiger partial charge in [0.25, 0.3) is 5.69 Å². The number of morpholine rings is 1. The van der Waals surface area contributed by atoms with Gasteiger partial charge in [0.15, 0.2) is 0 Å². The summed E-state index contributed by atoms with van der Waals surface area (Å²) in [6.07, 6.45) is 4.35. The van der Waals surface area contributed by atoms with Crippen molar-refractivity contribution in [1.82, 2.24) is 9.80 Å². The lowest BCUT2D eigenvalue weighted by Crippen LogP contribution is -2.44. The lowest BCUT2D eigenvalue weighted by Gasteiger charge is -2.30. The molecule has 2 amide bonds. The molecule has 0 unspecified atom stereocenters. The monoisotopic (exact) mass is 378 g/mol. The van der Waals surface area contributed by atoms with Gasteiger partial charge in [-0.2, -0.15) is 0 Å². The second kappa shape index (κ2) is 11.5. The van der Waals surface area contributed by atoms with E-state index < -0.39 is 4.92 Å². The van der Waals surface area contributed by atoms with Crippen LogP contribution in [-0.2, 0) is 4.74 Å². The third-order valence-corrected chi connectivity index (χ3v) is 4.67. The molecule has 8 nitrogen and oxygen atoms in total. The van der Waals surface area contributed by atoms with Gasteiger partial charge in [0.2, 0.25) is 0 Å². The van der Waals surface area contributed by atoms with Crippen LogP contribution in [0.3, 0.4) is 0 Å². The van der Waals surface area contributed by atoms with E-state index in [9.17, 15) is 14.9 Å². The molecule has 2 rings (SSSR count). The van der Waals surface area contributed by atoms with Gasteiger partial charge in [0, 0.05) is 50.5 Å². The predicted molar refractivity (Wildman–Crippen MR) is 105 cm³/mol. The SMILES string of the molecule is CCCCCCN(CCN1CCOCC1)C(=O)Nc1cccc([N+](=O)[O-])c1. The molecule has 27 heavy (non-hydrogen) atoms. The minimum Gasteiger partial charge on any atom is -0.379 e. The molecule has 150 valence electrons. The van der Waals surface area contributed by atoms with Gasteiger partial charge >= 0.3 is 6.03 Å². The fourth-order valence-electron chi connectivity index (χ4n) is 3.03.